The van der Waals surface area contributed by atoms with Crippen molar-refractivity contribution in [3.05, 3.63) is 50.6 Å². The molecule has 3 N–H and O–H groups in total. The van der Waals surface area contributed by atoms with E-state index < -0.39 is 0 Å². The van der Waals surface area contributed by atoms with Crippen LogP contribution < -0.4 is 6.15 Å². The summed E-state index contributed by atoms with van der Waals surface area (Å²) in [6.07, 6.45) is 13.8. The van der Waals surface area contributed by atoms with Crippen LogP contribution in [0.5, 0.6) is 0 Å². The van der Waals surface area contributed by atoms with Gasteiger partial charge >= 0.3 is 0 Å². The predicted octanol–water partition coefficient (Wildman–Crippen LogP) is 4.51. The molecule has 0 aromatic heterocycles. The summed E-state index contributed by atoms with van der Waals surface area (Å²) in [5.74, 6) is 0.652. The van der Waals surface area contributed by atoms with Crippen molar-refractivity contribution >= 4 is 0 Å². The Kier molecular flexibility index (Phi) is 8.37. The molecule has 1 saturated heterocycles. The monoisotopic (exact) mass is 262 g/mol. The van der Waals surface area contributed by atoms with Crippen molar-refractivity contribution in [2.24, 2.45) is 5.92 Å². The molecule has 1 heterocycles. The van der Waals surface area contributed by atoms with E-state index in [1.165, 1.54) is 12.8 Å². The number of allylic oxidation sites excluding steroid dienone is 1. The van der Waals surface area contributed by atoms with Crippen molar-refractivity contribution in [3.63, 3.8) is 0 Å². The van der Waals surface area contributed by atoms with Crippen LogP contribution in [0.15, 0.2) is 50.6 Å². The van der Waals surface area contributed by atoms with Crippen molar-refractivity contribution in [1.29, 1.82) is 0 Å². The van der Waals surface area contributed by atoms with Gasteiger partial charge in [-0.1, -0.05) is 24.3 Å². The van der Waals surface area contributed by atoms with Crippen LogP contribution in [0.2, 0.25) is 0 Å². The SMILES string of the molecule is C=CCC1CCCN(CC=C)C1(CC=C)CC=C.N. The summed E-state index contributed by atoms with van der Waals surface area (Å²) < 4.78 is 0. The van der Waals surface area contributed by atoms with Gasteiger partial charge in [0.25, 0.3) is 0 Å². The summed E-state index contributed by atoms with van der Waals surface area (Å²) in [5, 5.41) is 0. The average Bonchev–Trinajstić information content (AvgIpc) is 2.35. The zero-order valence-electron chi connectivity index (χ0n) is 12.3. The smallest absolute Gasteiger partial charge is 0.0312 e. The van der Waals surface area contributed by atoms with Crippen LogP contribution in [0.4, 0.5) is 0 Å². The van der Waals surface area contributed by atoms with Gasteiger partial charge in [-0.15, -0.1) is 26.3 Å². The first-order valence-corrected chi connectivity index (χ1v) is 6.93. The Labute approximate surface area is 119 Å². The molecule has 0 radical (unpaired) electrons. The van der Waals surface area contributed by atoms with Gasteiger partial charge in [0.1, 0.15) is 0 Å². The highest BCUT2D eigenvalue weighted by molar-refractivity contribution is 5.08. The molecule has 2 nitrogen and oxygen atoms in total. The highest BCUT2D eigenvalue weighted by atomic mass is 15.2. The standard InChI is InChI=1S/C17H27N.H3N/c1-5-10-16-11-9-15-18(14-8-4)17(16,12-6-2)13-7-3;/h5-8,16H,1-4,9-15H2;1H3. The number of hydrogen-bond donors (Lipinski definition) is 1. The fraction of sp³-hybridized carbons (Fsp3) is 0.529. The second-order valence-electron chi connectivity index (χ2n) is 5.19. The molecule has 1 unspecified atom stereocenters. The molecule has 1 aliphatic heterocycles. The zero-order valence-corrected chi connectivity index (χ0v) is 12.3. The molecule has 0 bridgehead atoms. The van der Waals surface area contributed by atoms with Crippen LogP contribution in [0.1, 0.15) is 32.1 Å². The van der Waals surface area contributed by atoms with E-state index >= 15 is 0 Å². The summed E-state index contributed by atoms with van der Waals surface area (Å²) in [7, 11) is 0. The molecule has 0 spiro atoms. The number of likely N-dealkylation sites (tertiary alicyclic amines) is 1. The quantitative estimate of drug-likeness (QED) is 0.653. The highest BCUT2D eigenvalue weighted by Crippen LogP contribution is 2.41. The van der Waals surface area contributed by atoms with Gasteiger partial charge < -0.3 is 6.15 Å². The van der Waals surface area contributed by atoms with Gasteiger partial charge in [-0.2, -0.15) is 0 Å². The molecule has 1 fully saturated rings. The van der Waals surface area contributed by atoms with Gasteiger partial charge in [-0.05, 0) is 44.6 Å². The minimum atomic E-state index is 0. The number of nitrogens with zero attached hydrogens (tertiary/aromatic N) is 1. The van der Waals surface area contributed by atoms with Crippen molar-refractivity contribution in [2.45, 2.75) is 37.6 Å². The average molecular weight is 262 g/mol. The number of rotatable bonds is 8. The van der Waals surface area contributed by atoms with Crippen molar-refractivity contribution in [1.82, 2.24) is 11.1 Å². The van der Waals surface area contributed by atoms with E-state index in [-0.39, 0.29) is 11.7 Å². The zero-order chi connectivity index (χ0) is 13.4. The lowest BCUT2D eigenvalue weighted by Gasteiger charge is -2.52. The van der Waals surface area contributed by atoms with E-state index in [4.69, 9.17) is 0 Å². The fourth-order valence-corrected chi connectivity index (χ4v) is 3.42. The van der Waals surface area contributed by atoms with Crippen LogP contribution in [-0.4, -0.2) is 23.5 Å². The van der Waals surface area contributed by atoms with Crippen LogP contribution in [0.3, 0.4) is 0 Å². The van der Waals surface area contributed by atoms with E-state index in [0.29, 0.717) is 5.92 Å². The van der Waals surface area contributed by atoms with E-state index in [9.17, 15) is 0 Å². The number of piperidine rings is 1. The minimum Gasteiger partial charge on any atom is -0.344 e. The molecular formula is C17H30N2. The molecule has 1 aliphatic rings. The second-order valence-corrected chi connectivity index (χ2v) is 5.19. The molecule has 0 saturated carbocycles. The normalized spacial score (nSPS) is 22.0. The first-order valence-electron chi connectivity index (χ1n) is 6.93. The van der Waals surface area contributed by atoms with Crippen LogP contribution >= 0.6 is 0 Å². The molecule has 108 valence electrons. The minimum absolute atomic E-state index is 0. The van der Waals surface area contributed by atoms with Crippen molar-refractivity contribution < 1.29 is 0 Å². The Hall–Kier alpha value is -1.12. The first-order chi connectivity index (χ1) is 8.75. The lowest BCUT2D eigenvalue weighted by molar-refractivity contribution is 0.00730. The maximum atomic E-state index is 3.96. The Morgan fingerprint density at radius 3 is 2.11 bits per heavy atom. The van der Waals surface area contributed by atoms with Gasteiger partial charge in [0.15, 0.2) is 0 Å². The Bertz CT molecular complexity index is 276. The third-order valence-electron chi connectivity index (χ3n) is 4.17. The molecule has 0 aliphatic carbocycles. The third kappa shape index (κ3) is 3.92. The highest BCUT2D eigenvalue weighted by Gasteiger charge is 2.42. The molecule has 0 aromatic carbocycles. The van der Waals surface area contributed by atoms with E-state index in [1.54, 1.807) is 0 Å². The molecule has 0 amide bonds. The van der Waals surface area contributed by atoms with Gasteiger partial charge in [-0.25, -0.2) is 0 Å². The first kappa shape index (κ1) is 17.9. The lowest BCUT2D eigenvalue weighted by atomic mass is 9.70. The van der Waals surface area contributed by atoms with Gasteiger partial charge in [-0.3, -0.25) is 4.90 Å². The van der Waals surface area contributed by atoms with Gasteiger partial charge in [0.05, 0.1) is 0 Å². The largest absolute Gasteiger partial charge is 0.344 e. The molecule has 1 rings (SSSR count). The van der Waals surface area contributed by atoms with Crippen LogP contribution in [0.25, 0.3) is 0 Å². The molecule has 19 heavy (non-hydrogen) atoms. The summed E-state index contributed by atoms with van der Waals surface area (Å²) in [5.41, 5.74) is 0.171. The Morgan fingerprint density at radius 2 is 1.63 bits per heavy atom. The Morgan fingerprint density at radius 1 is 1.00 bits per heavy atom. The summed E-state index contributed by atoms with van der Waals surface area (Å²) in [6, 6.07) is 0. The molecule has 1 atom stereocenters. The molecule has 0 aromatic rings. The predicted molar refractivity (Wildman–Crippen MR) is 86.7 cm³/mol. The fourth-order valence-electron chi connectivity index (χ4n) is 3.42. The number of hydrogen-bond acceptors (Lipinski definition) is 2. The van der Waals surface area contributed by atoms with Gasteiger partial charge in [0, 0.05) is 12.1 Å². The van der Waals surface area contributed by atoms with Gasteiger partial charge in [0.2, 0.25) is 0 Å². The Balaban J connectivity index is 0.00000324. The lowest BCUT2D eigenvalue weighted by Crippen LogP contribution is -2.56. The topological polar surface area (TPSA) is 38.2 Å². The summed E-state index contributed by atoms with van der Waals surface area (Å²) in [6.45, 7) is 17.8. The van der Waals surface area contributed by atoms with Crippen molar-refractivity contribution in [3.8, 4) is 0 Å². The third-order valence-corrected chi connectivity index (χ3v) is 4.17. The van der Waals surface area contributed by atoms with E-state index in [2.05, 4.69) is 49.4 Å². The molecule has 2 heteroatoms. The van der Waals surface area contributed by atoms with E-state index in [1.807, 2.05) is 6.08 Å². The maximum Gasteiger partial charge on any atom is 0.0312 e. The summed E-state index contributed by atoms with van der Waals surface area (Å²) in [4.78, 5) is 2.57. The van der Waals surface area contributed by atoms with E-state index in [0.717, 1.165) is 32.4 Å². The molecular weight excluding hydrogens is 232 g/mol. The van der Waals surface area contributed by atoms with Crippen LogP contribution in [0, 0.1) is 5.92 Å². The maximum absolute atomic E-state index is 3.96. The van der Waals surface area contributed by atoms with Crippen molar-refractivity contribution in [2.75, 3.05) is 13.1 Å². The summed E-state index contributed by atoms with van der Waals surface area (Å²) >= 11 is 0. The second kappa shape index (κ2) is 8.89. The van der Waals surface area contributed by atoms with Crippen LogP contribution in [-0.2, 0) is 0 Å².